The second-order valence-corrected chi connectivity index (χ2v) is 9.38. The Bertz CT molecular complexity index is 895. The number of benzene rings is 1. The number of nitrogens with zero attached hydrogens (tertiary/aromatic N) is 2. The van der Waals surface area contributed by atoms with Gasteiger partial charge in [-0.25, -0.2) is 9.59 Å². The van der Waals surface area contributed by atoms with Gasteiger partial charge in [-0.3, -0.25) is 19.4 Å². The van der Waals surface area contributed by atoms with E-state index in [4.69, 9.17) is 4.74 Å². The highest BCUT2D eigenvalue weighted by atomic mass is 16.5. The van der Waals surface area contributed by atoms with Gasteiger partial charge in [0.2, 0.25) is 11.8 Å². The Labute approximate surface area is 199 Å². The molecule has 1 aromatic rings. The molecule has 0 radical (unpaired) electrons. The fourth-order valence-electron chi connectivity index (χ4n) is 5.35. The Balaban J connectivity index is 1.50. The first-order chi connectivity index (χ1) is 16.5. The van der Waals surface area contributed by atoms with E-state index in [9.17, 15) is 24.3 Å². The van der Waals surface area contributed by atoms with Crippen LogP contribution in [0.1, 0.15) is 64.2 Å². The quantitative estimate of drug-likeness (QED) is 0.374. The zero-order chi connectivity index (χ0) is 24.1. The van der Waals surface area contributed by atoms with Gasteiger partial charge < -0.3 is 15.2 Å². The van der Waals surface area contributed by atoms with Crippen LogP contribution in [-0.4, -0.2) is 63.6 Å². The molecule has 3 aliphatic rings. The summed E-state index contributed by atoms with van der Waals surface area (Å²) in [5, 5.41) is 13.5. The Hall–Kier alpha value is -2.94. The number of imide groups is 1. The van der Waals surface area contributed by atoms with Crippen LogP contribution in [0, 0.1) is 5.92 Å². The molecule has 0 aromatic heterocycles. The maximum Gasteiger partial charge on any atom is 0.330 e. The van der Waals surface area contributed by atoms with Crippen LogP contribution in [0.4, 0.5) is 4.79 Å². The molecule has 9 nitrogen and oxygen atoms in total. The molecule has 4 rings (SSSR count). The fraction of sp³-hybridized carbons (Fsp3) is 0.600. The van der Waals surface area contributed by atoms with Crippen LogP contribution in [0.15, 0.2) is 30.3 Å². The molecular formula is C25H33N3O6. The van der Waals surface area contributed by atoms with Gasteiger partial charge in [0, 0.05) is 12.1 Å². The topological polar surface area (TPSA) is 116 Å². The first-order valence-corrected chi connectivity index (χ1v) is 12.3. The number of carbonyl (C=O) groups excluding carboxylic acids is 4. The summed E-state index contributed by atoms with van der Waals surface area (Å²) in [4.78, 5) is 54.7. The second kappa shape index (κ2) is 11.0. The minimum atomic E-state index is -1.56. The van der Waals surface area contributed by atoms with E-state index in [0.717, 1.165) is 51.4 Å². The zero-order valence-corrected chi connectivity index (χ0v) is 19.4. The average Bonchev–Trinajstić information content (AvgIpc) is 2.85. The molecule has 1 aromatic carbocycles. The molecule has 1 aliphatic heterocycles. The molecule has 2 unspecified atom stereocenters. The molecule has 184 valence electrons. The van der Waals surface area contributed by atoms with E-state index < -0.39 is 42.5 Å². The number of amides is 4. The van der Waals surface area contributed by atoms with E-state index in [0.29, 0.717) is 18.6 Å². The minimum Gasteiger partial charge on any atom is -0.425 e. The van der Waals surface area contributed by atoms with Crippen LogP contribution < -0.4 is 10.1 Å². The van der Waals surface area contributed by atoms with Crippen molar-refractivity contribution in [2.24, 2.45) is 5.92 Å². The van der Waals surface area contributed by atoms with Gasteiger partial charge >= 0.3 is 12.0 Å². The highest BCUT2D eigenvalue weighted by molar-refractivity contribution is 6.09. The van der Waals surface area contributed by atoms with E-state index in [1.807, 2.05) is 0 Å². The van der Waals surface area contributed by atoms with Crippen molar-refractivity contribution >= 4 is 23.8 Å². The molecule has 0 spiro atoms. The summed E-state index contributed by atoms with van der Waals surface area (Å²) in [6.07, 6.45) is 7.09. The second-order valence-electron chi connectivity index (χ2n) is 9.38. The summed E-state index contributed by atoms with van der Waals surface area (Å²) in [6.45, 7) is -0.453. The lowest BCUT2D eigenvalue weighted by Gasteiger charge is -2.48. The van der Waals surface area contributed by atoms with Crippen molar-refractivity contribution in [2.45, 2.75) is 82.5 Å². The van der Waals surface area contributed by atoms with E-state index >= 15 is 0 Å². The predicted octanol–water partition coefficient (Wildman–Crippen LogP) is 2.57. The van der Waals surface area contributed by atoms with E-state index in [1.165, 1.54) is 9.80 Å². The SMILES string of the molecule is O=C(CNC(=O)C1C(=O)N(C2CCCCC2)C(=O)N(C2CCCCC2)C1O)Oc1ccccc1. The van der Waals surface area contributed by atoms with Gasteiger partial charge in [0.15, 0.2) is 12.1 Å². The summed E-state index contributed by atoms with van der Waals surface area (Å²) in [5.74, 6) is -3.30. The molecule has 34 heavy (non-hydrogen) atoms. The third-order valence-corrected chi connectivity index (χ3v) is 7.09. The number of para-hydroxylation sites is 1. The summed E-state index contributed by atoms with van der Waals surface area (Å²) in [7, 11) is 0. The van der Waals surface area contributed by atoms with E-state index in [1.54, 1.807) is 30.3 Å². The molecule has 1 heterocycles. The number of rotatable bonds is 6. The number of carbonyl (C=O) groups is 4. The van der Waals surface area contributed by atoms with Crippen LogP contribution in [0.25, 0.3) is 0 Å². The Morgan fingerprint density at radius 3 is 2.12 bits per heavy atom. The van der Waals surface area contributed by atoms with Crippen molar-refractivity contribution in [3.63, 3.8) is 0 Å². The van der Waals surface area contributed by atoms with Crippen molar-refractivity contribution in [3.8, 4) is 5.75 Å². The van der Waals surface area contributed by atoms with E-state index in [-0.39, 0.29) is 12.1 Å². The lowest BCUT2D eigenvalue weighted by atomic mass is 9.89. The summed E-state index contributed by atoms with van der Waals surface area (Å²) in [5.41, 5.74) is 0. The van der Waals surface area contributed by atoms with Crippen molar-refractivity contribution < 1.29 is 29.0 Å². The molecule has 3 fully saturated rings. The predicted molar refractivity (Wildman–Crippen MR) is 122 cm³/mol. The number of ether oxygens (including phenoxy) is 1. The number of hydrogen-bond donors (Lipinski definition) is 2. The van der Waals surface area contributed by atoms with Gasteiger partial charge in [-0.1, -0.05) is 56.7 Å². The number of esters is 1. The maximum absolute atomic E-state index is 13.4. The molecule has 4 amide bonds. The Morgan fingerprint density at radius 1 is 0.912 bits per heavy atom. The Kier molecular flexibility index (Phi) is 7.82. The maximum atomic E-state index is 13.4. The molecule has 2 N–H and O–H groups in total. The van der Waals surface area contributed by atoms with E-state index in [2.05, 4.69) is 5.32 Å². The monoisotopic (exact) mass is 471 g/mol. The number of hydrogen-bond acceptors (Lipinski definition) is 6. The van der Waals surface area contributed by atoms with Crippen LogP contribution in [0.5, 0.6) is 5.75 Å². The number of aliphatic hydroxyl groups is 1. The minimum absolute atomic E-state index is 0.214. The molecule has 2 aliphatic carbocycles. The van der Waals surface area contributed by atoms with Gasteiger partial charge in [-0.05, 0) is 37.8 Å². The fourth-order valence-corrected chi connectivity index (χ4v) is 5.35. The van der Waals surface area contributed by atoms with Crippen LogP contribution in [0.2, 0.25) is 0 Å². The highest BCUT2D eigenvalue weighted by Gasteiger charge is 2.53. The van der Waals surface area contributed by atoms with Crippen molar-refractivity contribution in [2.75, 3.05) is 6.54 Å². The van der Waals surface area contributed by atoms with Crippen LogP contribution in [0.3, 0.4) is 0 Å². The first-order valence-electron chi connectivity index (χ1n) is 12.3. The van der Waals surface area contributed by atoms with Crippen LogP contribution in [-0.2, 0) is 14.4 Å². The largest absolute Gasteiger partial charge is 0.425 e. The van der Waals surface area contributed by atoms with Crippen molar-refractivity contribution in [1.82, 2.24) is 15.1 Å². The van der Waals surface area contributed by atoms with Gasteiger partial charge in [-0.15, -0.1) is 0 Å². The molecule has 1 saturated heterocycles. The molecule has 9 heteroatoms. The van der Waals surface area contributed by atoms with Gasteiger partial charge in [0.25, 0.3) is 0 Å². The lowest BCUT2D eigenvalue weighted by molar-refractivity contribution is -0.163. The summed E-state index contributed by atoms with van der Waals surface area (Å²) in [6, 6.07) is 7.47. The Morgan fingerprint density at radius 2 is 1.50 bits per heavy atom. The third kappa shape index (κ3) is 5.24. The molecular weight excluding hydrogens is 438 g/mol. The average molecular weight is 472 g/mol. The molecule has 0 bridgehead atoms. The normalized spacial score (nSPS) is 24.7. The van der Waals surface area contributed by atoms with Gasteiger partial charge in [0.05, 0.1) is 0 Å². The summed E-state index contributed by atoms with van der Waals surface area (Å²) < 4.78 is 5.18. The molecule has 2 saturated carbocycles. The summed E-state index contributed by atoms with van der Waals surface area (Å²) >= 11 is 0. The third-order valence-electron chi connectivity index (χ3n) is 7.09. The first kappa shape index (κ1) is 24.2. The highest BCUT2D eigenvalue weighted by Crippen LogP contribution is 2.34. The van der Waals surface area contributed by atoms with Gasteiger partial charge in [-0.2, -0.15) is 0 Å². The zero-order valence-electron chi connectivity index (χ0n) is 19.4. The standard InChI is InChI=1S/C25H33N3O6/c29-20(34-19-14-8-3-9-15-19)16-26-22(30)21-23(31)27(17-10-4-1-5-11-17)25(33)28(24(21)32)18-12-6-2-7-13-18/h3,8-9,14-15,17-18,21,23,31H,1-2,4-7,10-13,16H2,(H,26,30). The van der Waals surface area contributed by atoms with Crippen molar-refractivity contribution in [3.05, 3.63) is 30.3 Å². The number of aliphatic hydroxyl groups excluding tert-OH is 1. The molecule has 2 atom stereocenters. The number of urea groups is 1. The van der Waals surface area contributed by atoms with Crippen LogP contribution >= 0.6 is 0 Å². The van der Waals surface area contributed by atoms with Gasteiger partial charge in [0.1, 0.15) is 12.3 Å². The lowest BCUT2D eigenvalue weighted by Crippen LogP contribution is -2.69. The number of nitrogens with one attached hydrogen (secondary N) is 1. The smallest absolute Gasteiger partial charge is 0.330 e. The van der Waals surface area contributed by atoms with Crippen molar-refractivity contribution in [1.29, 1.82) is 0 Å².